The summed E-state index contributed by atoms with van der Waals surface area (Å²) in [4.78, 5) is 14.0. The fourth-order valence-electron chi connectivity index (χ4n) is 3.65. The van der Waals surface area contributed by atoms with Gasteiger partial charge in [-0.1, -0.05) is 44.9 Å². The quantitative estimate of drug-likeness (QED) is 0.738. The molecule has 1 aliphatic carbocycles. The Hall–Kier alpha value is -0.530. The van der Waals surface area contributed by atoms with E-state index in [1.54, 1.807) is 0 Å². The van der Waals surface area contributed by atoms with Crippen LogP contribution in [0.15, 0.2) is 0 Å². The van der Waals surface area contributed by atoms with E-state index in [-0.39, 0.29) is 0 Å². The fraction of sp³-hybridized carbons (Fsp3) is 0.938. The van der Waals surface area contributed by atoms with Crippen molar-refractivity contribution in [3.8, 4) is 0 Å². The van der Waals surface area contributed by atoms with Crippen LogP contribution >= 0.6 is 0 Å². The summed E-state index contributed by atoms with van der Waals surface area (Å²) in [5.41, 5.74) is 0. The van der Waals surface area contributed by atoms with Crippen molar-refractivity contribution in [2.45, 2.75) is 83.1 Å². The summed E-state index contributed by atoms with van der Waals surface area (Å²) in [6, 6.07) is 0.528. The molecular formula is C16H29NO. The molecule has 18 heavy (non-hydrogen) atoms. The van der Waals surface area contributed by atoms with Gasteiger partial charge in [0.2, 0.25) is 5.91 Å². The molecular weight excluding hydrogens is 222 g/mol. The zero-order valence-electron chi connectivity index (χ0n) is 12.0. The minimum absolute atomic E-state index is 0.378. The summed E-state index contributed by atoms with van der Waals surface area (Å²) in [5.74, 6) is 1.33. The first-order valence-corrected chi connectivity index (χ1v) is 8.03. The van der Waals surface area contributed by atoms with Crippen molar-refractivity contribution in [3.63, 3.8) is 0 Å². The van der Waals surface area contributed by atoms with Crippen LogP contribution in [0.3, 0.4) is 0 Å². The molecule has 1 amide bonds. The molecule has 1 aliphatic heterocycles. The van der Waals surface area contributed by atoms with Gasteiger partial charge in [-0.3, -0.25) is 4.79 Å². The van der Waals surface area contributed by atoms with Gasteiger partial charge < -0.3 is 4.90 Å². The number of amides is 1. The first-order chi connectivity index (χ1) is 8.77. The van der Waals surface area contributed by atoms with Crippen LogP contribution in [0, 0.1) is 5.92 Å². The Labute approximate surface area is 112 Å². The van der Waals surface area contributed by atoms with Crippen LogP contribution in [0.2, 0.25) is 0 Å². The summed E-state index contributed by atoms with van der Waals surface area (Å²) in [6.45, 7) is 0. The highest BCUT2D eigenvalue weighted by Gasteiger charge is 2.23. The summed E-state index contributed by atoms with van der Waals surface area (Å²) >= 11 is 0. The molecule has 1 heterocycles. The Morgan fingerprint density at radius 3 is 2.39 bits per heavy atom. The Kier molecular flexibility index (Phi) is 5.52. The van der Waals surface area contributed by atoms with Crippen LogP contribution < -0.4 is 0 Å². The lowest BCUT2D eigenvalue weighted by atomic mass is 9.84. The van der Waals surface area contributed by atoms with Gasteiger partial charge in [0.15, 0.2) is 0 Å². The lowest BCUT2D eigenvalue weighted by molar-refractivity contribution is -0.133. The van der Waals surface area contributed by atoms with Crippen LogP contribution in [0.1, 0.15) is 77.0 Å². The zero-order chi connectivity index (χ0) is 12.8. The summed E-state index contributed by atoms with van der Waals surface area (Å²) < 4.78 is 0. The van der Waals surface area contributed by atoms with Crippen molar-refractivity contribution < 1.29 is 4.79 Å². The van der Waals surface area contributed by atoms with Crippen LogP contribution in [-0.2, 0) is 4.79 Å². The fourth-order valence-corrected chi connectivity index (χ4v) is 3.65. The van der Waals surface area contributed by atoms with Crippen molar-refractivity contribution in [2.24, 2.45) is 5.92 Å². The highest BCUT2D eigenvalue weighted by atomic mass is 16.2. The van der Waals surface area contributed by atoms with Gasteiger partial charge in [0.1, 0.15) is 0 Å². The monoisotopic (exact) mass is 251 g/mol. The largest absolute Gasteiger partial charge is 0.343 e. The van der Waals surface area contributed by atoms with E-state index >= 15 is 0 Å². The molecule has 0 aromatic heterocycles. The van der Waals surface area contributed by atoms with Crippen LogP contribution in [0.25, 0.3) is 0 Å². The molecule has 2 nitrogen and oxygen atoms in total. The molecule has 2 fully saturated rings. The van der Waals surface area contributed by atoms with Gasteiger partial charge in [-0.2, -0.15) is 0 Å². The summed E-state index contributed by atoms with van der Waals surface area (Å²) in [5, 5.41) is 0. The molecule has 0 radical (unpaired) electrons. The van der Waals surface area contributed by atoms with E-state index in [4.69, 9.17) is 0 Å². The topological polar surface area (TPSA) is 20.3 Å². The highest BCUT2D eigenvalue weighted by molar-refractivity contribution is 5.76. The molecule has 0 bridgehead atoms. The molecule has 2 rings (SSSR count). The van der Waals surface area contributed by atoms with Gasteiger partial charge in [-0.05, 0) is 31.6 Å². The van der Waals surface area contributed by atoms with Crippen LogP contribution in [-0.4, -0.2) is 23.9 Å². The maximum atomic E-state index is 12.0. The predicted octanol–water partition coefficient (Wildman–Crippen LogP) is 4.14. The number of rotatable bonds is 3. The molecule has 1 saturated carbocycles. The second kappa shape index (κ2) is 7.16. The lowest BCUT2D eigenvalue weighted by Crippen LogP contribution is -2.38. The van der Waals surface area contributed by atoms with E-state index in [0.717, 1.165) is 18.8 Å². The summed E-state index contributed by atoms with van der Waals surface area (Å²) in [7, 11) is 2.03. The molecule has 0 N–H and O–H groups in total. The Balaban J connectivity index is 1.79. The van der Waals surface area contributed by atoms with E-state index in [1.165, 1.54) is 64.2 Å². The maximum absolute atomic E-state index is 12.0. The first-order valence-electron chi connectivity index (χ1n) is 8.03. The molecule has 0 spiro atoms. The smallest absolute Gasteiger partial charge is 0.222 e. The number of carbonyl (C=O) groups excluding carboxylic acids is 1. The lowest BCUT2D eigenvalue weighted by Gasteiger charge is -2.32. The molecule has 1 saturated heterocycles. The molecule has 2 heteroatoms. The molecule has 1 unspecified atom stereocenters. The van der Waals surface area contributed by atoms with Crippen LogP contribution in [0.4, 0.5) is 0 Å². The van der Waals surface area contributed by atoms with Gasteiger partial charge in [-0.25, -0.2) is 0 Å². The van der Waals surface area contributed by atoms with Crippen molar-refractivity contribution in [1.29, 1.82) is 0 Å². The number of nitrogens with zero attached hydrogens (tertiary/aromatic N) is 1. The maximum Gasteiger partial charge on any atom is 0.222 e. The van der Waals surface area contributed by atoms with Gasteiger partial charge >= 0.3 is 0 Å². The predicted molar refractivity (Wildman–Crippen MR) is 75.5 cm³/mol. The number of hydrogen-bond acceptors (Lipinski definition) is 1. The second-order valence-electron chi connectivity index (χ2n) is 6.34. The average Bonchev–Trinajstić information content (AvgIpc) is 2.40. The van der Waals surface area contributed by atoms with Gasteiger partial charge in [0.05, 0.1) is 0 Å². The Morgan fingerprint density at radius 2 is 1.61 bits per heavy atom. The third kappa shape index (κ3) is 4.00. The zero-order valence-corrected chi connectivity index (χ0v) is 12.0. The number of carbonyl (C=O) groups is 1. The van der Waals surface area contributed by atoms with E-state index in [0.29, 0.717) is 11.9 Å². The SMILES string of the molecule is CN1C(=O)CCCCCC1CCC1CCCCC1. The third-order valence-electron chi connectivity index (χ3n) is 5.00. The van der Waals surface area contributed by atoms with Gasteiger partial charge in [0, 0.05) is 19.5 Å². The number of likely N-dealkylation sites (tertiary alicyclic amines) is 1. The van der Waals surface area contributed by atoms with Crippen molar-refractivity contribution in [3.05, 3.63) is 0 Å². The van der Waals surface area contributed by atoms with Crippen molar-refractivity contribution in [1.82, 2.24) is 4.90 Å². The second-order valence-corrected chi connectivity index (χ2v) is 6.34. The minimum atomic E-state index is 0.378. The normalized spacial score (nSPS) is 27.9. The third-order valence-corrected chi connectivity index (χ3v) is 5.00. The minimum Gasteiger partial charge on any atom is -0.343 e. The standard InChI is InChI=1S/C16H29NO/c1-17-15(10-6-3-7-11-16(17)18)13-12-14-8-4-2-5-9-14/h14-15H,2-13H2,1H3. The van der Waals surface area contributed by atoms with E-state index in [9.17, 15) is 4.79 Å². The number of hydrogen-bond donors (Lipinski definition) is 0. The molecule has 0 aromatic carbocycles. The Bertz CT molecular complexity index is 258. The first kappa shape index (κ1) is 13.9. The van der Waals surface area contributed by atoms with E-state index < -0.39 is 0 Å². The summed E-state index contributed by atoms with van der Waals surface area (Å²) in [6.07, 6.45) is 15.4. The Morgan fingerprint density at radius 1 is 0.944 bits per heavy atom. The molecule has 0 aromatic rings. The van der Waals surface area contributed by atoms with Crippen molar-refractivity contribution in [2.75, 3.05) is 7.05 Å². The van der Waals surface area contributed by atoms with Crippen molar-refractivity contribution >= 4 is 5.91 Å². The average molecular weight is 251 g/mol. The van der Waals surface area contributed by atoms with E-state index in [2.05, 4.69) is 4.90 Å². The highest BCUT2D eigenvalue weighted by Crippen LogP contribution is 2.29. The van der Waals surface area contributed by atoms with Gasteiger partial charge in [-0.15, -0.1) is 0 Å². The van der Waals surface area contributed by atoms with Crippen LogP contribution in [0.5, 0.6) is 0 Å². The molecule has 1 atom stereocenters. The van der Waals surface area contributed by atoms with E-state index in [1.807, 2.05) is 7.05 Å². The van der Waals surface area contributed by atoms with Gasteiger partial charge in [0.25, 0.3) is 0 Å². The molecule has 104 valence electrons. The molecule has 2 aliphatic rings.